The van der Waals surface area contributed by atoms with Crippen LogP contribution in [0.4, 0.5) is 10.7 Å². The molecule has 2 aromatic rings. The predicted molar refractivity (Wildman–Crippen MR) is 116 cm³/mol. The Bertz CT molecular complexity index is 871. The zero-order valence-electron chi connectivity index (χ0n) is 15.9. The lowest BCUT2D eigenvalue weighted by Crippen LogP contribution is -2.35. The highest BCUT2D eigenvalue weighted by atomic mass is 32.1. The normalized spacial score (nSPS) is 13.7. The molecule has 0 radical (unpaired) electrons. The number of carbonyl (C=O) groups excluding carboxylic acids is 2. The predicted octanol–water partition coefficient (Wildman–Crippen LogP) is 4.28. The number of thiocarbonyl (C=S) groups is 1. The second kappa shape index (κ2) is 9.16. The number of rotatable bonds is 4. The maximum atomic E-state index is 12.5. The average molecular weight is 418 g/mol. The van der Waals surface area contributed by atoms with Crippen molar-refractivity contribution in [1.82, 2.24) is 4.90 Å². The molecule has 1 aromatic heterocycles. The van der Waals surface area contributed by atoms with Gasteiger partial charge in [0, 0.05) is 29.2 Å². The minimum absolute atomic E-state index is 0.0729. The largest absolute Gasteiger partial charge is 0.465 e. The molecular formula is C20H23N3O3S2. The van der Waals surface area contributed by atoms with Gasteiger partial charge in [-0.1, -0.05) is 0 Å². The maximum absolute atomic E-state index is 12.5. The number of likely N-dealkylation sites (tertiary alicyclic amines) is 1. The molecule has 0 bridgehead atoms. The third-order valence-corrected chi connectivity index (χ3v) is 5.69. The molecule has 0 spiro atoms. The minimum Gasteiger partial charge on any atom is -0.465 e. The van der Waals surface area contributed by atoms with Gasteiger partial charge in [-0.05, 0) is 68.7 Å². The summed E-state index contributed by atoms with van der Waals surface area (Å²) >= 11 is 6.78. The van der Waals surface area contributed by atoms with E-state index < -0.39 is 5.97 Å². The first kappa shape index (κ1) is 20.3. The summed E-state index contributed by atoms with van der Waals surface area (Å²) in [5.74, 6) is -0.334. The van der Waals surface area contributed by atoms with Crippen LogP contribution in [0.1, 0.15) is 44.9 Å². The fourth-order valence-corrected chi connectivity index (χ4v) is 4.30. The van der Waals surface area contributed by atoms with Crippen molar-refractivity contribution in [2.75, 3.05) is 30.8 Å². The van der Waals surface area contributed by atoms with Gasteiger partial charge in [0.05, 0.1) is 12.7 Å². The highest BCUT2D eigenvalue weighted by Crippen LogP contribution is 2.28. The van der Waals surface area contributed by atoms with Crippen LogP contribution in [-0.4, -0.2) is 42.1 Å². The van der Waals surface area contributed by atoms with E-state index in [-0.39, 0.29) is 5.91 Å². The number of carbonyl (C=O) groups is 2. The summed E-state index contributed by atoms with van der Waals surface area (Å²) in [6, 6.07) is 9.02. The van der Waals surface area contributed by atoms with Gasteiger partial charge in [0.15, 0.2) is 5.11 Å². The SMILES string of the molecule is COC(=O)c1cc(C)sc1NC(=S)Nc1ccc(C(=O)N2CCCCC2)cc1. The number of anilines is 2. The minimum atomic E-state index is -0.407. The Morgan fingerprint density at radius 3 is 2.43 bits per heavy atom. The van der Waals surface area contributed by atoms with Crippen LogP contribution in [-0.2, 0) is 4.74 Å². The van der Waals surface area contributed by atoms with Gasteiger partial charge in [-0.25, -0.2) is 4.79 Å². The Labute approximate surface area is 173 Å². The monoisotopic (exact) mass is 417 g/mol. The number of nitrogens with zero attached hydrogens (tertiary/aromatic N) is 1. The van der Waals surface area contributed by atoms with E-state index in [2.05, 4.69) is 10.6 Å². The van der Waals surface area contributed by atoms with E-state index in [1.54, 1.807) is 18.2 Å². The molecule has 1 saturated heterocycles. The van der Waals surface area contributed by atoms with Gasteiger partial charge in [-0.3, -0.25) is 4.79 Å². The van der Waals surface area contributed by atoms with Crippen LogP contribution in [0.3, 0.4) is 0 Å². The lowest BCUT2D eigenvalue weighted by molar-refractivity contribution is 0.0602. The standard InChI is InChI=1S/C20H23N3O3S2/c1-13-12-16(19(25)26-2)17(28-13)22-20(27)21-15-8-6-14(7-9-15)18(24)23-10-4-3-5-11-23/h6-9,12H,3-5,10-11H2,1-2H3,(H2,21,22,27). The number of hydrogen-bond donors (Lipinski definition) is 2. The van der Waals surface area contributed by atoms with Gasteiger partial charge in [-0.2, -0.15) is 0 Å². The summed E-state index contributed by atoms with van der Waals surface area (Å²) in [5, 5.41) is 7.13. The van der Waals surface area contributed by atoms with E-state index in [1.807, 2.05) is 24.0 Å². The molecule has 0 unspecified atom stereocenters. The second-order valence-electron chi connectivity index (χ2n) is 6.60. The van der Waals surface area contributed by atoms with Gasteiger partial charge in [0.2, 0.25) is 0 Å². The van der Waals surface area contributed by atoms with Crippen LogP contribution >= 0.6 is 23.6 Å². The molecule has 1 aromatic carbocycles. The van der Waals surface area contributed by atoms with Crippen molar-refractivity contribution in [1.29, 1.82) is 0 Å². The molecule has 28 heavy (non-hydrogen) atoms. The van der Waals surface area contributed by atoms with Crippen molar-refractivity contribution in [3.63, 3.8) is 0 Å². The summed E-state index contributed by atoms with van der Waals surface area (Å²) in [6.45, 7) is 3.57. The van der Waals surface area contributed by atoms with Gasteiger partial charge in [0.1, 0.15) is 5.00 Å². The number of piperidine rings is 1. The van der Waals surface area contributed by atoms with Crippen molar-refractivity contribution in [3.8, 4) is 0 Å². The number of thiophene rings is 1. The Morgan fingerprint density at radius 2 is 1.79 bits per heavy atom. The van der Waals surface area contributed by atoms with Crippen LogP contribution in [0.25, 0.3) is 0 Å². The summed E-state index contributed by atoms with van der Waals surface area (Å²) in [6.07, 6.45) is 3.33. The van der Waals surface area contributed by atoms with E-state index in [1.165, 1.54) is 24.9 Å². The number of ether oxygens (including phenoxy) is 1. The van der Waals surface area contributed by atoms with Crippen LogP contribution in [0.2, 0.25) is 0 Å². The van der Waals surface area contributed by atoms with Gasteiger partial charge < -0.3 is 20.3 Å². The maximum Gasteiger partial charge on any atom is 0.340 e. The van der Waals surface area contributed by atoms with Crippen LogP contribution < -0.4 is 10.6 Å². The molecule has 0 aliphatic carbocycles. The van der Waals surface area contributed by atoms with Crippen molar-refractivity contribution in [2.45, 2.75) is 26.2 Å². The molecule has 1 fully saturated rings. The van der Waals surface area contributed by atoms with Crippen LogP contribution in [0, 0.1) is 6.92 Å². The number of methoxy groups -OCH3 is 1. The first-order valence-corrected chi connectivity index (χ1v) is 10.4. The summed E-state index contributed by atoms with van der Waals surface area (Å²) in [4.78, 5) is 27.3. The molecule has 2 N–H and O–H groups in total. The van der Waals surface area contributed by atoms with E-state index in [4.69, 9.17) is 17.0 Å². The molecule has 8 heteroatoms. The molecule has 6 nitrogen and oxygen atoms in total. The van der Waals surface area contributed by atoms with Crippen LogP contribution in [0.5, 0.6) is 0 Å². The molecule has 3 rings (SSSR count). The topological polar surface area (TPSA) is 70.7 Å². The zero-order chi connectivity index (χ0) is 20.1. The highest BCUT2D eigenvalue weighted by molar-refractivity contribution is 7.80. The number of esters is 1. The second-order valence-corrected chi connectivity index (χ2v) is 8.27. The molecule has 1 aliphatic heterocycles. The van der Waals surface area contributed by atoms with Gasteiger partial charge in [-0.15, -0.1) is 11.3 Å². The van der Waals surface area contributed by atoms with E-state index >= 15 is 0 Å². The van der Waals surface area contributed by atoms with Crippen LogP contribution in [0.15, 0.2) is 30.3 Å². The first-order chi connectivity index (χ1) is 13.5. The highest BCUT2D eigenvalue weighted by Gasteiger charge is 2.18. The third-order valence-electron chi connectivity index (χ3n) is 4.52. The van der Waals surface area contributed by atoms with Gasteiger partial charge >= 0.3 is 5.97 Å². The van der Waals surface area contributed by atoms with Crippen molar-refractivity contribution < 1.29 is 14.3 Å². The fraction of sp³-hybridized carbons (Fsp3) is 0.350. The number of benzene rings is 1. The van der Waals surface area contributed by atoms with Gasteiger partial charge in [0.25, 0.3) is 5.91 Å². The smallest absolute Gasteiger partial charge is 0.340 e. The molecule has 2 heterocycles. The Balaban J connectivity index is 1.62. The lowest BCUT2D eigenvalue weighted by atomic mass is 10.1. The summed E-state index contributed by atoms with van der Waals surface area (Å²) in [7, 11) is 1.35. The first-order valence-electron chi connectivity index (χ1n) is 9.14. The molecule has 1 aliphatic rings. The molecule has 148 valence electrons. The Hall–Kier alpha value is -2.45. The fourth-order valence-electron chi connectivity index (χ4n) is 3.11. The molecular weight excluding hydrogens is 394 g/mol. The zero-order valence-corrected chi connectivity index (χ0v) is 17.5. The Morgan fingerprint density at radius 1 is 1.11 bits per heavy atom. The van der Waals surface area contributed by atoms with E-state index in [9.17, 15) is 9.59 Å². The number of aryl methyl sites for hydroxylation is 1. The quantitative estimate of drug-likeness (QED) is 0.572. The van der Waals surface area contributed by atoms with Crippen molar-refractivity contribution in [3.05, 3.63) is 46.3 Å². The number of nitrogens with one attached hydrogen (secondary N) is 2. The van der Waals surface area contributed by atoms with E-state index in [0.717, 1.165) is 36.5 Å². The summed E-state index contributed by atoms with van der Waals surface area (Å²) in [5.41, 5.74) is 1.89. The molecule has 1 amide bonds. The third kappa shape index (κ3) is 4.88. The summed E-state index contributed by atoms with van der Waals surface area (Å²) < 4.78 is 4.80. The van der Waals surface area contributed by atoms with Crippen molar-refractivity contribution >= 4 is 51.2 Å². The molecule has 0 saturated carbocycles. The lowest BCUT2D eigenvalue weighted by Gasteiger charge is -2.26. The van der Waals surface area contributed by atoms with E-state index in [0.29, 0.717) is 21.2 Å². The van der Waals surface area contributed by atoms with Crippen molar-refractivity contribution in [2.24, 2.45) is 0 Å². The number of amides is 1. The average Bonchev–Trinajstić information content (AvgIpc) is 3.08. The Kier molecular flexibility index (Phi) is 6.64. The number of hydrogen-bond acceptors (Lipinski definition) is 5. The molecule has 0 atom stereocenters.